The van der Waals surface area contributed by atoms with Crippen molar-refractivity contribution in [3.05, 3.63) is 36.4 Å². The summed E-state index contributed by atoms with van der Waals surface area (Å²) in [6, 6.07) is 12.0. The maximum absolute atomic E-state index is 5.40. The third-order valence-electron chi connectivity index (χ3n) is 2.97. The number of thioether (sulfide) groups is 1. The molecule has 0 bridgehead atoms. The molecule has 0 saturated heterocycles. The second kappa shape index (κ2) is 5.54. The SMILES string of the molecule is CCOc1ccc2[nH]c(-c3ccccc3SC)nc2n1. The quantitative estimate of drug-likeness (QED) is 0.742. The molecule has 102 valence electrons. The monoisotopic (exact) mass is 285 g/mol. The molecule has 3 aromatic rings. The molecule has 0 unspecified atom stereocenters. The highest BCUT2D eigenvalue weighted by Crippen LogP contribution is 2.29. The summed E-state index contributed by atoms with van der Waals surface area (Å²) in [5.41, 5.74) is 2.69. The number of H-pyrrole nitrogens is 1. The predicted molar refractivity (Wildman–Crippen MR) is 82.3 cm³/mol. The summed E-state index contributed by atoms with van der Waals surface area (Å²) in [7, 11) is 0. The molecule has 4 nitrogen and oxygen atoms in total. The summed E-state index contributed by atoms with van der Waals surface area (Å²) < 4.78 is 5.40. The van der Waals surface area contributed by atoms with Crippen LogP contribution in [-0.2, 0) is 0 Å². The van der Waals surface area contributed by atoms with Crippen molar-refractivity contribution in [3.63, 3.8) is 0 Å². The van der Waals surface area contributed by atoms with Gasteiger partial charge in [0.15, 0.2) is 5.65 Å². The third kappa shape index (κ3) is 2.36. The molecule has 2 aromatic heterocycles. The van der Waals surface area contributed by atoms with Crippen molar-refractivity contribution in [1.82, 2.24) is 15.0 Å². The Balaban J connectivity index is 2.08. The first kappa shape index (κ1) is 13.0. The van der Waals surface area contributed by atoms with Crippen LogP contribution in [0.15, 0.2) is 41.3 Å². The van der Waals surface area contributed by atoms with Gasteiger partial charge in [0.25, 0.3) is 0 Å². The minimum Gasteiger partial charge on any atom is -0.478 e. The highest BCUT2D eigenvalue weighted by Gasteiger charge is 2.10. The second-order valence-electron chi connectivity index (χ2n) is 4.24. The normalized spacial score (nSPS) is 10.9. The van der Waals surface area contributed by atoms with Crippen molar-refractivity contribution in [2.75, 3.05) is 12.9 Å². The van der Waals surface area contributed by atoms with Gasteiger partial charge in [-0.1, -0.05) is 18.2 Å². The van der Waals surface area contributed by atoms with Crippen LogP contribution in [0, 0.1) is 0 Å². The fourth-order valence-corrected chi connectivity index (χ4v) is 2.67. The van der Waals surface area contributed by atoms with E-state index in [9.17, 15) is 0 Å². The van der Waals surface area contributed by atoms with Crippen LogP contribution in [0.2, 0.25) is 0 Å². The number of ether oxygens (including phenoxy) is 1. The Morgan fingerprint density at radius 1 is 1.15 bits per heavy atom. The number of nitrogens with one attached hydrogen (secondary N) is 1. The van der Waals surface area contributed by atoms with Crippen LogP contribution in [0.5, 0.6) is 5.88 Å². The molecule has 0 aliphatic carbocycles. The average molecular weight is 285 g/mol. The van der Waals surface area contributed by atoms with Gasteiger partial charge in [-0.05, 0) is 25.3 Å². The Hall–Kier alpha value is -2.01. The van der Waals surface area contributed by atoms with E-state index in [4.69, 9.17) is 4.74 Å². The molecule has 2 heterocycles. The van der Waals surface area contributed by atoms with E-state index < -0.39 is 0 Å². The van der Waals surface area contributed by atoms with E-state index in [2.05, 4.69) is 33.3 Å². The zero-order valence-electron chi connectivity index (χ0n) is 11.4. The zero-order chi connectivity index (χ0) is 13.9. The van der Waals surface area contributed by atoms with Crippen LogP contribution in [0.3, 0.4) is 0 Å². The van der Waals surface area contributed by atoms with Gasteiger partial charge in [-0.2, -0.15) is 4.98 Å². The van der Waals surface area contributed by atoms with Gasteiger partial charge in [0.1, 0.15) is 5.82 Å². The Morgan fingerprint density at radius 2 is 2.00 bits per heavy atom. The molecule has 1 aromatic carbocycles. The van der Waals surface area contributed by atoms with Gasteiger partial charge < -0.3 is 9.72 Å². The first-order chi connectivity index (χ1) is 9.81. The van der Waals surface area contributed by atoms with Gasteiger partial charge >= 0.3 is 0 Å². The number of rotatable bonds is 4. The fourth-order valence-electron chi connectivity index (χ4n) is 2.07. The summed E-state index contributed by atoms with van der Waals surface area (Å²) >= 11 is 1.71. The smallest absolute Gasteiger partial charge is 0.215 e. The van der Waals surface area contributed by atoms with E-state index in [0.717, 1.165) is 16.9 Å². The lowest BCUT2D eigenvalue weighted by Crippen LogP contribution is -1.93. The van der Waals surface area contributed by atoms with Crippen LogP contribution >= 0.6 is 11.8 Å². The van der Waals surface area contributed by atoms with Crippen molar-refractivity contribution in [2.24, 2.45) is 0 Å². The first-order valence-electron chi connectivity index (χ1n) is 6.44. The number of aromatic amines is 1. The number of hydrogen-bond donors (Lipinski definition) is 1. The van der Waals surface area contributed by atoms with E-state index in [-0.39, 0.29) is 0 Å². The molecule has 0 amide bonds. The van der Waals surface area contributed by atoms with Crippen LogP contribution in [-0.4, -0.2) is 27.8 Å². The largest absolute Gasteiger partial charge is 0.478 e. The summed E-state index contributed by atoms with van der Waals surface area (Å²) in [5.74, 6) is 1.45. The minimum atomic E-state index is 0.602. The Kier molecular flexibility index (Phi) is 3.60. The van der Waals surface area contributed by atoms with Crippen molar-refractivity contribution < 1.29 is 4.74 Å². The maximum atomic E-state index is 5.40. The van der Waals surface area contributed by atoms with E-state index in [1.807, 2.05) is 31.2 Å². The standard InChI is InChI=1S/C15H15N3OS/c1-3-19-13-9-8-11-15(17-13)18-14(16-11)10-6-4-5-7-12(10)20-2/h4-9H,3H2,1-2H3,(H,16,17,18). The van der Waals surface area contributed by atoms with Gasteiger partial charge in [0.2, 0.25) is 5.88 Å². The van der Waals surface area contributed by atoms with Crippen molar-refractivity contribution in [2.45, 2.75) is 11.8 Å². The molecule has 1 N–H and O–H groups in total. The van der Waals surface area contributed by atoms with Crippen LogP contribution in [0.25, 0.3) is 22.6 Å². The average Bonchev–Trinajstić information content (AvgIpc) is 2.90. The highest BCUT2D eigenvalue weighted by atomic mass is 32.2. The maximum Gasteiger partial charge on any atom is 0.215 e. The number of aromatic nitrogens is 3. The molecule has 20 heavy (non-hydrogen) atoms. The topological polar surface area (TPSA) is 50.8 Å². The lowest BCUT2D eigenvalue weighted by Gasteiger charge is -2.02. The lowest BCUT2D eigenvalue weighted by atomic mass is 10.2. The third-order valence-corrected chi connectivity index (χ3v) is 3.77. The minimum absolute atomic E-state index is 0.602. The van der Waals surface area contributed by atoms with Crippen LogP contribution in [0.1, 0.15) is 6.92 Å². The van der Waals surface area contributed by atoms with Gasteiger partial charge in [0, 0.05) is 16.5 Å². The fraction of sp³-hybridized carbons (Fsp3) is 0.200. The molecule has 3 rings (SSSR count). The summed E-state index contributed by atoms with van der Waals surface area (Å²) in [4.78, 5) is 13.5. The molecule has 5 heteroatoms. The van der Waals surface area contributed by atoms with Crippen molar-refractivity contribution in [1.29, 1.82) is 0 Å². The molecule has 0 saturated carbocycles. The summed E-state index contributed by atoms with van der Waals surface area (Å²) in [6.45, 7) is 2.54. The second-order valence-corrected chi connectivity index (χ2v) is 5.09. The van der Waals surface area contributed by atoms with Crippen LogP contribution < -0.4 is 4.74 Å². The van der Waals surface area contributed by atoms with Gasteiger partial charge in [0.05, 0.1) is 12.1 Å². The van der Waals surface area contributed by atoms with Gasteiger partial charge in [-0.25, -0.2) is 4.98 Å². The molecular weight excluding hydrogens is 270 g/mol. The van der Waals surface area contributed by atoms with E-state index in [1.54, 1.807) is 11.8 Å². The summed E-state index contributed by atoms with van der Waals surface area (Å²) in [6.07, 6.45) is 2.06. The Labute approximate surface area is 121 Å². The first-order valence-corrected chi connectivity index (χ1v) is 7.67. The Bertz CT molecular complexity index is 739. The lowest BCUT2D eigenvalue weighted by molar-refractivity contribution is 0.328. The number of fused-ring (bicyclic) bond motifs is 1. The molecule has 0 fully saturated rings. The van der Waals surface area contributed by atoms with Crippen molar-refractivity contribution in [3.8, 4) is 17.3 Å². The molecular formula is C15H15N3OS. The van der Waals surface area contributed by atoms with Gasteiger partial charge in [-0.15, -0.1) is 11.8 Å². The molecule has 0 aliphatic rings. The molecule has 0 atom stereocenters. The number of hydrogen-bond acceptors (Lipinski definition) is 4. The predicted octanol–water partition coefficient (Wildman–Crippen LogP) is 3.75. The van der Waals surface area contributed by atoms with Crippen LogP contribution in [0.4, 0.5) is 0 Å². The molecule has 0 spiro atoms. The van der Waals surface area contributed by atoms with E-state index in [0.29, 0.717) is 18.1 Å². The number of benzene rings is 1. The number of nitrogens with zero attached hydrogens (tertiary/aromatic N) is 2. The number of pyridine rings is 1. The van der Waals surface area contributed by atoms with E-state index >= 15 is 0 Å². The highest BCUT2D eigenvalue weighted by molar-refractivity contribution is 7.98. The van der Waals surface area contributed by atoms with Gasteiger partial charge in [-0.3, -0.25) is 0 Å². The Morgan fingerprint density at radius 3 is 2.80 bits per heavy atom. The molecule has 0 radical (unpaired) electrons. The number of imidazole rings is 1. The van der Waals surface area contributed by atoms with Crippen molar-refractivity contribution >= 4 is 22.9 Å². The zero-order valence-corrected chi connectivity index (χ0v) is 12.2. The van der Waals surface area contributed by atoms with E-state index in [1.165, 1.54) is 4.90 Å². The molecule has 0 aliphatic heterocycles. The summed E-state index contributed by atoms with van der Waals surface area (Å²) in [5, 5.41) is 0.